The van der Waals surface area contributed by atoms with E-state index in [1.165, 1.54) is 7.11 Å². The minimum Gasteiger partial charge on any atom is -0.389 e. The van der Waals surface area contributed by atoms with E-state index in [1.54, 1.807) is 0 Å². The van der Waals surface area contributed by atoms with E-state index in [1.807, 2.05) is 30.3 Å². The number of ether oxygens (including phenoxy) is 1. The number of benzene rings is 1. The number of rotatable bonds is 6. The van der Waals surface area contributed by atoms with Crippen molar-refractivity contribution in [3.05, 3.63) is 35.9 Å². The highest BCUT2D eigenvalue weighted by molar-refractivity contribution is 5.89. The molecule has 1 atom stereocenters. The molecule has 0 heterocycles. The number of amides is 1. The molecule has 0 aromatic heterocycles. The maximum Gasteiger partial charge on any atom is 0.230 e. The summed E-state index contributed by atoms with van der Waals surface area (Å²) in [5, 5.41) is 12.4. The lowest BCUT2D eigenvalue weighted by atomic mass is 9.64. The fourth-order valence-electron chi connectivity index (χ4n) is 2.57. The molecule has 2 N–H and O–H groups in total. The second-order valence-corrected chi connectivity index (χ2v) is 5.12. The van der Waals surface area contributed by atoms with Crippen LogP contribution in [-0.4, -0.2) is 37.4 Å². The number of carbonyl (C=O) groups excluding carboxylic acids is 1. The summed E-state index contributed by atoms with van der Waals surface area (Å²) in [7, 11) is 1.53. The van der Waals surface area contributed by atoms with Gasteiger partial charge in [-0.1, -0.05) is 36.8 Å². The van der Waals surface area contributed by atoms with Crippen LogP contribution in [0.5, 0.6) is 0 Å². The molecule has 1 aliphatic carbocycles. The molecule has 0 aliphatic heterocycles. The predicted molar refractivity (Wildman–Crippen MR) is 72.9 cm³/mol. The molecule has 1 aromatic rings. The number of methoxy groups -OCH3 is 1. The maximum atomic E-state index is 12.4. The molecular formula is C15H21NO3. The van der Waals surface area contributed by atoms with Crippen LogP contribution in [0.1, 0.15) is 24.8 Å². The number of aliphatic hydroxyl groups is 1. The normalized spacial score (nSPS) is 18.4. The average molecular weight is 263 g/mol. The Bertz CT molecular complexity index is 415. The molecule has 4 heteroatoms. The third-order valence-electron chi connectivity index (χ3n) is 3.83. The zero-order chi connectivity index (χ0) is 13.7. The van der Waals surface area contributed by atoms with E-state index in [0.29, 0.717) is 0 Å². The number of carbonyl (C=O) groups is 1. The predicted octanol–water partition coefficient (Wildman–Crippen LogP) is 1.23. The highest BCUT2D eigenvalue weighted by Gasteiger charge is 2.45. The van der Waals surface area contributed by atoms with Gasteiger partial charge in [0, 0.05) is 13.7 Å². The Labute approximate surface area is 113 Å². The molecule has 19 heavy (non-hydrogen) atoms. The fourth-order valence-corrected chi connectivity index (χ4v) is 2.57. The van der Waals surface area contributed by atoms with Gasteiger partial charge in [-0.25, -0.2) is 0 Å². The summed E-state index contributed by atoms with van der Waals surface area (Å²) in [5.41, 5.74) is 0.675. The van der Waals surface area contributed by atoms with E-state index in [-0.39, 0.29) is 19.1 Å². The van der Waals surface area contributed by atoms with Gasteiger partial charge in [-0.3, -0.25) is 4.79 Å². The number of hydrogen-bond acceptors (Lipinski definition) is 3. The summed E-state index contributed by atoms with van der Waals surface area (Å²) in [6.07, 6.45) is 2.18. The molecule has 1 fully saturated rings. The van der Waals surface area contributed by atoms with Gasteiger partial charge in [0.25, 0.3) is 0 Å². The van der Waals surface area contributed by atoms with Crippen molar-refractivity contribution in [1.29, 1.82) is 0 Å². The first kappa shape index (κ1) is 14.0. The van der Waals surface area contributed by atoms with Crippen molar-refractivity contribution >= 4 is 5.91 Å². The van der Waals surface area contributed by atoms with Gasteiger partial charge in [0.1, 0.15) is 0 Å². The van der Waals surface area contributed by atoms with E-state index in [2.05, 4.69) is 5.32 Å². The molecule has 0 radical (unpaired) electrons. The summed E-state index contributed by atoms with van der Waals surface area (Å²) in [4.78, 5) is 12.4. The lowest BCUT2D eigenvalue weighted by Gasteiger charge is -2.40. The molecule has 1 aliphatic rings. The highest BCUT2D eigenvalue weighted by Crippen LogP contribution is 2.43. The standard InChI is InChI=1S/C15H21NO3/c1-19-11-13(17)10-16-14(18)15(8-5-9-15)12-6-3-2-4-7-12/h2-4,6-7,13,17H,5,8-11H2,1H3,(H,16,18). The first-order valence-corrected chi connectivity index (χ1v) is 6.70. The van der Waals surface area contributed by atoms with Crippen LogP contribution in [0.25, 0.3) is 0 Å². The second kappa shape index (κ2) is 6.17. The molecule has 0 spiro atoms. The molecule has 1 unspecified atom stereocenters. The van der Waals surface area contributed by atoms with Crippen LogP contribution in [0.4, 0.5) is 0 Å². The summed E-state index contributed by atoms with van der Waals surface area (Å²) >= 11 is 0. The van der Waals surface area contributed by atoms with Crippen LogP contribution >= 0.6 is 0 Å². The number of nitrogens with one attached hydrogen (secondary N) is 1. The molecule has 1 saturated carbocycles. The van der Waals surface area contributed by atoms with Crippen LogP contribution in [0.2, 0.25) is 0 Å². The molecule has 4 nitrogen and oxygen atoms in total. The van der Waals surface area contributed by atoms with Gasteiger partial charge in [0.15, 0.2) is 0 Å². The third kappa shape index (κ3) is 2.96. The Kier molecular flexibility index (Phi) is 4.56. The molecule has 0 bridgehead atoms. The van der Waals surface area contributed by atoms with Crippen LogP contribution in [0.15, 0.2) is 30.3 Å². The SMILES string of the molecule is COCC(O)CNC(=O)C1(c2ccccc2)CCC1. The van der Waals surface area contributed by atoms with Gasteiger partial charge in [-0.2, -0.15) is 0 Å². The Morgan fingerprint density at radius 2 is 2.11 bits per heavy atom. The van der Waals surface area contributed by atoms with Gasteiger partial charge in [-0.05, 0) is 18.4 Å². The largest absolute Gasteiger partial charge is 0.389 e. The molecular weight excluding hydrogens is 242 g/mol. The first-order valence-electron chi connectivity index (χ1n) is 6.70. The molecule has 0 saturated heterocycles. The van der Waals surface area contributed by atoms with Crippen molar-refractivity contribution < 1.29 is 14.6 Å². The fraction of sp³-hybridized carbons (Fsp3) is 0.533. The molecule has 2 rings (SSSR count). The van der Waals surface area contributed by atoms with Crippen LogP contribution < -0.4 is 5.32 Å². The Morgan fingerprint density at radius 3 is 2.63 bits per heavy atom. The van der Waals surface area contributed by atoms with Gasteiger partial charge in [0.2, 0.25) is 5.91 Å². The van der Waals surface area contributed by atoms with Gasteiger partial charge < -0.3 is 15.2 Å². The molecule has 1 aromatic carbocycles. The summed E-state index contributed by atoms with van der Waals surface area (Å²) in [5.74, 6) is 0.0140. The summed E-state index contributed by atoms with van der Waals surface area (Å²) in [6.45, 7) is 0.472. The maximum absolute atomic E-state index is 12.4. The third-order valence-corrected chi connectivity index (χ3v) is 3.83. The summed E-state index contributed by atoms with van der Waals surface area (Å²) in [6, 6.07) is 9.88. The Hall–Kier alpha value is -1.39. The Balaban J connectivity index is 2.00. The van der Waals surface area contributed by atoms with E-state index in [0.717, 1.165) is 24.8 Å². The second-order valence-electron chi connectivity index (χ2n) is 5.12. The van der Waals surface area contributed by atoms with Crippen molar-refractivity contribution in [2.45, 2.75) is 30.8 Å². The minimum atomic E-state index is -0.651. The van der Waals surface area contributed by atoms with Gasteiger partial charge in [0.05, 0.1) is 18.1 Å². The topological polar surface area (TPSA) is 58.6 Å². The lowest BCUT2D eigenvalue weighted by molar-refractivity contribution is -0.130. The van der Waals surface area contributed by atoms with E-state index in [4.69, 9.17) is 4.74 Å². The van der Waals surface area contributed by atoms with Crippen LogP contribution in [-0.2, 0) is 14.9 Å². The van der Waals surface area contributed by atoms with E-state index < -0.39 is 11.5 Å². The van der Waals surface area contributed by atoms with Crippen molar-refractivity contribution in [2.24, 2.45) is 0 Å². The zero-order valence-electron chi connectivity index (χ0n) is 11.3. The van der Waals surface area contributed by atoms with Crippen LogP contribution in [0, 0.1) is 0 Å². The summed E-state index contributed by atoms with van der Waals surface area (Å²) < 4.78 is 4.85. The highest BCUT2D eigenvalue weighted by atomic mass is 16.5. The van der Waals surface area contributed by atoms with Gasteiger partial charge in [-0.15, -0.1) is 0 Å². The van der Waals surface area contributed by atoms with Crippen molar-refractivity contribution in [3.63, 3.8) is 0 Å². The average Bonchev–Trinajstić information content (AvgIpc) is 2.37. The minimum absolute atomic E-state index is 0.0140. The first-order chi connectivity index (χ1) is 9.19. The van der Waals surface area contributed by atoms with E-state index in [9.17, 15) is 9.90 Å². The van der Waals surface area contributed by atoms with Gasteiger partial charge >= 0.3 is 0 Å². The van der Waals surface area contributed by atoms with Crippen molar-refractivity contribution in [1.82, 2.24) is 5.32 Å². The number of hydrogen-bond donors (Lipinski definition) is 2. The zero-order valence-corrected chi connectivity index (χ0v) is 11.3. The van der Waals surface area contributed by atoms with Crippen LogP contribution in [0.3, 0.4) is 0 Å². The quantitative estimate of drug-likeness (QED) is 0.811. The monoisotopic (exact) mass is 263 g/mol. The number of aliphatic hydroxyl groups excluding tert-OH is 1. The lowest BCUT2D eigenvalue weighted by Crippen LogP contribution is -2.51. The smallest absolute Gasteiger partial charge is 0.230 e. The molecule has 104 valence electrons. The van der Waals surface area contributed by atoms with Crippen molar-refractivity contribution in [2.75, 3.05) is 20.3 Å². The van der Waals surface area contributed by atoms with E-state index >= 15 is 0 Å². The Morgan fingerprint density at radius 1 is 1.42 bits per heavy atom. The molecule has 1 amide bonds. The van der Waals surface area contributed by atoms with Crippen molar-refractivity contribution in [3.8, 4) is 0 Å².